The largest absolute Gasteiger partial charge is 0.310 e. The molecule has 0 spiro atoms. The van der Waals surface area contributed by atoms with Gasteiger partial charge in [-0.15, -0.1) is 0 Å². The summed E-state index contributed by atoms with van der Waals surface area (Å²) in [5.74, 6) is 1.81. The fourth-order valence-electron chi connectivity index (χ4n) is 3.92. The van der Waals surface area contributed by atoms with E-state index >= 15 is 0 Å². The smallest absolute Gasteiger partial charge is 0.0351 e. The van der Waals surface area contributed by atoms with Crippen molar-refractivity contribution >= 4 is 0 Å². The average Bonchev–Trinajstić information content (AvgIpc) is 2.56. The van der Waals surface area contributed by atoms with Crippen molar-refractivity contribution < 1.29 is 0 Å². The van der Waals surface area contributed by atoms with Gasteiger partial charge in [-0.1, -0.05) is 64.3 Å². The number of aryl methyl sites for hydroxylation is 1. The van der Waals surface area contributed by atoms with Crippen LogP contribution in [0.1, 0.15) is 76.5 Å². The predicted octanol–water partition coefficient (Wildman–Crippen LogP) is 5.51. The number of rotatable bonds is 7. The zero-order chi connectivity index (χ0) is 15.1. The lowest BCUT2D eigenvalue weighted by Crippen LogP contribution is -2.32. The normalized spacial score (nSPS) is 24.0. The Labute approximate surface area is 131 Å². The lowest BCUT2D eigenvalue weighted by Gasteiger charge is -2.35. The minimum atomic E-state index is 0.568. The Bertz CT molecular complexity index is 404. The van der Waals surface area contributed by atoms with Crippen molar-refractivity contribution in [3.05, 3.63) is 35.4 Å². The summed E-state index contributed by atoms with van der Waals surface area (Å²) < 4.78 is 0. The number of nitrogens with one attached hydrogen (secondary N) is 1. The molecule has 0 heterocycles. The summed E-state index contributed by atoms with van der Waals surface area (Å²) in [6.45, 7) is 8.04. The molecule has 118 valence electrons. The Morgan fingerprint density at radius 3 is 2.38 bits per heavy atom. The first-order valence-electron chi connectivity index (χ1n) is 9.11. The van der Waals surface area contributed by atoms with Crippen LogP contribution >= 0.6 is 0 Å². The fraction of sp³-hybridized carbons (Fsp3) is 0.700. The van der Waals surface area contributed by atoms with E-state index in [4.69, 9.17) is 0 Å². The highest BCUT2D eigenvalue weighted by Crippen LogP contribution is 2.38. The molecule has 2 rings (SSSR count). The molecule has 0 aromatic heterocycles. The van der Waals surface area contributed by atoms with Crippen LogP contribution in [-0.2, 0) is 6.42 Å². The minimum absolute atomic E-state index is 0.568. The van der Waals surface area contributed by atoms with Gasteiger partial charge in [0.15, 0.2) is 0 Å². The van der Waals surface area contributed by atoms with Crippen LogP contribution in [0.25, 0.3) is 0 Å². The second kappa shape index (κ2) is 8.58. The molecule has 0 radical (unpaired) electrons. The number of hydrogen-bond donors (Lipinski definition) is 1. The summed E-state index contributed by atoms with van der Waals surface area (Å²) in [7, 11) is 0. The van der Waals surface area contributed by atoms with E-state index in [9.17, 15) is 0 Å². The summed E-state index contributed by atoms with van der Waals surface area (Å²) >= 11 is 0. The van der Waals surface area contributed by atoms with Gasteiger partial charge < -0.3 is 5.32 Å². The summed E-state index contributed by atoms with van der Waals surface area (Å²) in [6.07, 6.45) is 9.39. The summed E-state index contributed by atoms with van der Waals surface area (Å²) in [5, 5.41) is 3.86. The fourth-order valence-corrected chi connectivity index (χ4v) is 3.92. The first-order chi connectivity index (χ1) is 10.3. The highest BCUT2D eigenvalue weighted by atomic mass is 14.9. The molecule has 0 amide bonds. The van der Waals surface area contributed by atoms with Crippen LogP contribution < -0.4 is 5.32 Å². The third-order valence-electron chi connectivity index (χ3n) is 5.33. The molecular formula is C20H33N. The van der Waals surface area contributed by atoms with Crippen molar-refractivity contribution in [3.63, 3.8) is 0 Å². The van der Waals surface area contributed by atoms with Crippen LogP contribution in [0.5, 0.6) is 0 Å². The molecular weight excluding hydrogens is 254 g/mol. The maximum absolute atomic E-state index is 3.86. The molecule has 1 aliphatic rings. The zero-order valence-electron chi connectivity index (χ0n) is 14.2. The van der Waals surface area contributed by atoms with Crippen molar-refractivity contribution in [2.45, 2.75) is 71.8 Å². The molecule has 1 heteroatoms. The Kier molecular flexibility index (Phi) is 6.76. The van der Waals surface area contributed by atoms with E-state index in [0.29, 0.717) is 6.04 Å². The van der Waals surface area contributed by atoms with Gasteiger partial charge in [0.25, 0.3) is 0 Å². The Hall–Kier alpha value is -0.820. The monoisotopic (exact) mass is 287 g/mol. The van der Waals surface area contributed by atoms with Crippen LogP contribution in [0, 0.1) is 11.8 Å². The van der Waals surface area contributed by atoms with E-state index in [0.717, 1.165) is 24.8 Å². The van der Waals surface area contributed by atoms with E-state index in [1.807, 2.05) is 0 Å². The van der Waals surface area contributed by atoms with Crippen molar-refractivity contribution in [1.82, 2.24) is 5.32 Å². The van der Waals surface area contributed by atoms with Gasteiger partial charge in [-0.3, -0.25) is 0 Å². The maximum atomic E-state index is 3.86. The summed E-state index contributed by atoms with van der Waals surface area (Å²) in [5.41, 5.74) is 3.09. The van der Waals surface area contributed by atoms with Crippen molar-refractivity contribution in [3.8, 4) is 0 Å². The standard InChI is InChI=1S/C20H33N/c1-4-15-21-20(18-13-11-16(5-2)12-14-18)19-10-8-7-9-17(19)6-3/h7-10,16,18,20-21H,4-6,11-15H2,1-3H3. The molecule has 1 N–H and O–H groups in total. The highest BCUT2D eigenvalue weighted by molar-refractivity contribution is 5.30. The van der Waals surface area contributed by atoms with E-state index in [1.165, 1.54) is 44.1 Å². The predicted molar refractivity (Wildman–Crippen MR) is 92.6 cm³/mol. The van der Waals surface area contributed by atoms with Crippen LogP contribution in [0.2, 0.25) is 0 Å². The zero-order valence-corrected chi connectivity index (χ0v) is 14.2. The van der Waals surface area contributed by atoms with E-state index < -0.39 is 0 Å². The molecule has 1 nitrogen and oxygen atoms in total. The Morgan fingerprint density at radius 2 is 1.76 bits per heavy atom. The number of hydrogen-bond acceptors (Lipinski definition) is 1. The molecule has 1 aromatic rings. The van der Waals surface area contributed by atoms with Crippen molar-refractivity contribution in [2.75, 3.05) is 6.54 Å². The van der Waals surface area contributed by atoms with Gasteiger partial charge in [0.05, 0.1) is 0 Å². The summed E-state index contributed by atoms with van der Waals surface area (Å²) in [4.78, 5) is 0. The van der Waals surface area contributed by atoms with E-state index in [2.05, 4.69) is 50.4 Å². The molecule has 1 aromatic carbocycles. The van der Waals surface area contributed by atoms with Gasteiger partial charge in [-0.25, -0.2) is 0 Å². The Balaban J connectivity index is 2.14. The van der Waals surface area contributed by atoms with Gasteiger partial charge in [0.1, 0.15) is 0 Å². The van der Waals surface area contributed by atoms with E-state index in [-0.39, 0.29) is 0 Å². The van der Waals surface area contributed by atoms with Crippen molar-refractivity contribution in [1.29, 1.82) is 0 Å². The van der Waals surface area contributed by atoms with Gasteiger partial charge in [0, 0.05) is 6.04 Å². The first kappa shape index (κ1) is 16.5. The van der Waals surface area contributed by atoms with Gasteiger partial charge in [-0.2, -0.15) is 0 Å². The van der Waals surface area contributed by atoms with Gasteiger partial charge >= 0.3 is 0 Å². The average molecular weight is 287 g/mol. The molecule has 1 saturated carbocycles. The van der Waals surface area contributed by atoms with Crippen molar-refractivity contribution in [2.24, 2.45) is 11.8 Å². The molecule has 1 atom stereocenters. The Morgan fingerprint density at radius 1 is 1.05 bits per heavy atom. The molecule has 0 bridgehead atoms. The molecule has 21 heavy (non-hydrogen) atoms. The van der Waals surface area contributed by atoms with Crippen LogP contribution in [0.3, 0.4) is 0 Å². The first-order valence-corrected chi connectivity index (χ1v) is 9.11. The van der Waals surface area contributed by atoms with Crippen LogP contribution in [0.15, 0.2) is 24.3 Å². The molecule has 0 aliphatic heterocycles. The SMILES string of the molecule is CCCNC(c1ccccc1CC)C1CCC(CC)CC1. The molecule has 1 unspecified atom stereocenters. The van der Waals surface area contributed by atoms with E-state index in [1.54, 1.807) is 5.56 Å². The second-order valence-corrected chi connectivity index (χ2v) is 6.67. The minimum Gasteiger partial charge on any atom is -0.310 e. The van der Waals surface area contributed by atoms with Gasteiger partial charge in [-0.05, 0) is 55.2 Å². The molecule has 1 fully saturated rings. The lowest BCUT2D eigenvalue weighted by atomic mass is 9.75. The van der Waals surface area contributed by atoms with Crippen LogP contribution in [0.4, 0.5) is 0 Å². The molecule has 1 aliphatic carbocycles. The maximum Gasteiger partial charge on any atom is 0.0351 e. The second-order valence-electron chi connectivity index (χ2n) is 6.67. The third kappa shape index (κ3) is 4.32. The van der Waals surface area contributed by atoms with Crippen LogP contribution in [-0.4, -0.2) is 6.54 Å². The quantitative estimate of drug-likeness (QED) is 0.697. The van der Waals surface area contributed by atoms with Gasteiger partial charge in [0.2, 0.25) is 0 Å². The highest BCUT2D eigenvalue weighted by Gasteiger charge is 2.28. The summed E-state index contributed by atoms with van der Waals surface area (Å²) in [6, 6.07) is 9.64. The molecule has 0 saturated heterocycles. The topological polar surface area (TPSA) is 12.0 Å². The third-order valence-corrected chi connectivity index (χ3v) is 5.33. The lowest BCUT2D eigenvalue weighted by molar-refractivity contribution is 0.218. The number of benzene rings is 1.